The highest BCUT2D eigenvalue weighted by Gasteiger charge is 2.29. The number of carboxylic acids is 1. The van der Waals surface area contributed by atoms with Crippen LogP contribution in [0.1, 0.15) is 60.8 Å². The van der Waals surface area contributed by atoms with Gasteiger partial charge in [0.05, 0.1) is 12.3 Å². The molecule has 0 aromatic carbocycles. The maximum Gasteiger partial charge on any atom is 0.310 e. The first-order chi connectivity index (χ1) is 9.30. The molecule has 0 aliphatic heterocycles. The first-order valence-corrected chi connectivity index (χ1v) is 6.96. The van der Waals surface area contributed by atoms with Gasteiger partial charge in [-0.05, 0) is 48.0 Å². The number of rotatable bonds is 6. The molecule has 6 nitrogen and oxygen atoms in total. The monoisotopic (exact) mass is 302 g/mol. The lowest BCUT2D eigenvalue weighted by molar-refractivity contribution is -0.167. The number of hydrogen-bond donors (Lipinski definition) is 1. The average Bonchev–Trinajstić information content (AvgIpc) is 2.18. The van der Waals surface area contributed by atoms with Crippen LogP contribution in [0, 0.1) is 5.92 Å². The summed E-state index contributed by atoms with van der Waals surface area (Å²) in [6, 6.07) is 0. The van der Waals surface area contributed by atoms with Crippen LogP contribution in [-0.4, -0.2) is 34.2 Å². The molecular weight excluding hydrogens is 276 g/mol. The fourth-order valence-electron chi connectivity index (χ4n) is 1.57. The van der Waals surface area contributed by atoms with E-state index in [1.165, 1.54) is 0 Å². The van der Waals surface area contributed by atoms with Crippen molar-refractivity contribution in [1.82, 2.24) is 0 Å². The number of esters is 2. The molecule has 21 heavy (non-hydrogen) atoms. The summed E-state index contributed by atoms with van der Waals surface area (Å²) in [5.74, 6) is -2.94. The van der Waals surface area contributed by atoms with Gasteiger partial charge in [-0.25, -0.2) is 0 Å². The highest BCUT2D eigenvalue weighted by atomic mass is 16.6. The van der Waals surface area contributed by atoms with Crippen LogP contribution in [0.5, 0.6) is 0 Å². The Morgan fingerprint density at radius 1 is 0.952 bits per heavy atom. The van der Waals surface area contributed by atoms with Crippen LogP contribution in [0.25, 0.3) is 0 Å². The van der Waals surface area contributed by atoms with Gasteiger partial charge < -0.3 is 14.6 Å². The minimum Gasteiger partial charge on any atom is -0.481 e. The maximum absolute atomic E-state index is 12.0. The lowest BCUT2D eigenvalue weighted by Crippen LogP contribution is -2.32. The second kappa shape index (κ2) is 7.43. The van der Waals surface area contributed by atoms with Crippen LogP contribution in [0.4, 0.5) is 0 Å². The molecule has 0 radical (unpaired) electrons. The van der Waals surface area contributed by atoms with Gasteiger partial charge in [-0.3, -0.25) is 14.4 Å². The molecule has 0 fully saturated rings. The Kier molecular flexibility index (Phi) is 6.86. The van der Waals surface area contributed by atoms with E-state index in [0.29, 0.717) is 0 Å². The van der Waals surface area contributed by atoms with E-state index in [4.69, 9.17) is 14.6 Å². The van der Waals surface area contributed by atoms with Crippen molar-refractivity contribution in [1.29, 1.82) is 0 Å². The standard InChI is InChI=1S/C15H26O6/c1-14(2,3)20-12(18)9-10(7-8-11(16)17)13(19)21-15(4,5)6/h10H,7-9H2,1-6H3,(H,16,17). The lowest BCUT2D eigenvalue weighted by Gasteiger charge is -2.25. The van der Waals surface area contributed by atoms with Crippen molar-refractivity contribution in [3.05, 3.63) is 0 Å². The zero-order valence-corrected chi connectivity index (χ0v) is 13.7. The number of carboxylic acid groups (broad SMARTS) is 1. The Morgan fingerprint density at radius 2 is 1.43 bits per heavy atom. The SMILES string of the molecule is CC(C)(C)OC(=O)CC(CCC(=O)O)C(=O)OC(C)(C)C. The summed E-state index contributed by atoms with van der Waals surface area (Å²) in [6.45, 7) is 10.3. The molecule has 6 heteroatoms. The summed E-state index contributed by atoms with van der Waals surface area (Å²) >= 11 is 0. The molecule has 0 heterocycles. The molecule has 0 rings (SSSR count). The van der Waals surface area contributed by atoms with Gasteiger partial charge >= 0.3 is 17.9 Å². The van der Waals surface area contributed by atoms with Gasteiger partial charge in [0.15, 0.2) is 0 Å². The van der Waals surface area contributed by atoms with Crippen molar-refractivity contribution < 1.29 is 29.0 Å². The van der Waals surface area contributed by atoms with E-state index in [2.05, 4.69) is 0 Å². The van der Waals surface area contributed by atoms with Crippen LogP contribution in [-0.2, 0) is 23.9 Å². The molecule has 1 atom stereocenters. The van der Waals surface area contributed by atoms with Gasteiger partial charge in [0.25, 0.3) is 0 Å². The van der Waals surface area contributed by atoms with E-state index in [0.717, 1.165) is 0 Å². The fraction of sp³-hybridized carbons (Fsp3) is 0.800. The maximum atomic E-state index is 12.0. The van der Waals surface area contributed by atoms with E-state index in [-0.39, 0.29) is 19.3 Å². The van der Waals surface area contributed by atoms with Crippen molar-refractivity contribution >= 4 is 17.9 Å². The van der Waals surface area contributed by atoms with Crippen LogP contribution < -0.4 is 0 Å². The summed E-state index contributed by atoms with van der Waals surface area (Å²) in [5, 5.41) is 8.73. The smallest absolute Gasteiger partial charge is 0.310 e. The lowest BCUT2D eigenvalue weighted by atomic mass is 9.99. The van der Waals surface area contributed by atoms with Crippen LogP contribution in [0.2, 0.25) is 0 Å². The highest BCUT2D eigenvalue weighted by molar-refractivity contribution is 5.81. The molecule has 0 bridgehead atoms. The summed E-state index contributed by atoms with van der Waals surface area (Å²) in [7, 11) is 0. The molecule has 0 aliphatic carbocycles. The van der Waals surface area contributed by atoms with E-state index < -0.39 is 35.0 Å². The number of aliphatic carboxylic acids is 1. The third-order valence-corrected chi connectivity index (χ3v) is 2.28. The Balaban J connectivity index is 4.77. The van der Waals surface area contributed by atoms with Crippen molar-refractivity contribution in [3.8, 4) is 0 Å². The summed E-state index contributed by atoms with van der Waals surface area (Å²) in [6.07, 6.45) is -0.338. The molecule has 0 amide bonds. The van der Waals surface area contributed by atoms with Gasteiger partial charge in [0.1, 0.15) is 11.2 Å². The van der Waals surface area contributed by atoms with E-state index in [1.54, 1.807) is 41.5 Å². The Hall–Kier alpha value is -1.59. The first kappa shape index (κ1) is 19.4. The topological polar surface area (TPSA) is 89.9 Å². The molecule has 122 valence electrons. The minimum atomic E-state index is -1.02. The van der Waals surface area contributed by atoms with Crippen molar-refractivity contribution in [2.45, 2.75) is 72.0 Å². The zero-order valence-electron chi connectivity index (χ0n) is 13.7. The second-order valence-corrected chi connectivity index (χ2v) is 6.95. The first-order valence-electron chi connectivity index (χ1n) is 6.96. The molecule has 0 aliphatic rings. The van der Waals surface area contributed by atoms with Gasteiger partial charge in [0, 0.05) is 6.42 Å². The van der Waals surface area contributed by atoms with Gasteiger partial charge in [-0.2, -0.15) is 0 Å². The van der Waals surface area contributed by atoms with Crippen LogP contribution in [0.3, 0.4) is 0 Å². The molecule has 0 saturated carbocycles. The second-order valence-electron chi connectivity index (χ2n) is 6.95. The zero-order chi connectivity index (χ0) is 16.8. The van der Waals surface area contributed by atoms with Gasteiger partial charge in [0.2, 0.25) is 0 Å². The Morgan fingerprint density at radius 3 is 1.81 bits per heavy atom. The predicted molar refractivity (Wildman–Crippen MR) is 76.7 cm³/mol. The number of ether oxygens (including phenoxy) is 2. The molecule has 0 spiro atoms. The van der Waals surface area contributed by atoms with Crippen LogP contribution in [0.15, 0.2) is 0 Å². The third-order valence-electron chi connectivity index (χ3n) is 2.28. The van der Waals surface area contributed by atoms with E-state index in [9.17, 15) is 14.4 Å². The van der Waals surface area contributed by atoms with Crippen molar-refractivity contribution in [2.24, 2.45) is 5.92 Å². The normalized spacial score (nSPS) is 13.4. The van der Waals surface area contributed by atoms with Gasteiger partial charge in [-0.15, -0.1) is 0 Å². The number of hydrogen-bond acceptors (Lipinski definition) is 5. The Labute approximate surface area is 125 Å². The number of carbonyl (C=O) groups is 3. The fourth-order valence-corrected chi connectivity index (χ4v) is 1.57. The molecular formula is C15H26O6. The third kappa shape index (κ3) is 10.8. The molecule has 0 saturated heterocycles. The minimum absolute atomic E-state index is 0.0451. The average molecular weight is 302 g/mol. The van der Waals surface area contributed by atoms with Crippen molar-refractivity contribution in [2.75, 3.05) is 0 Å². The summed E-state index contributed by atoms with van der Waals surface area (Å²) in [5.41, 5.74) is -1.34. The van der Waals surface area contributed by atoms with E-state index in [1.807, 2.05) is 0 Å². The molecule has 1 unspecified atom stereocenters. The molecule has 0 aromatic heterocycles. The quantitative estimate of drug-likeness (QED) is 0.758. The Bertz CT molecular complexity index is 386. The molecule has 0 aromatic rings. The van der Waals surface area contributed by atoms with Crippen molar-refractivity contribution in [3.63, 3.8) is 0 Å². The highest BCUT2D eigenvalue weighted by Crippen LogP contribution is 2.20. The summed E-state index contributed by atoms with van der Waals surface area (Å²) < 4.78 is 10.4. The van der Waals surface area contributed by atoms with Crippen LogP contribution >= 0.6 is 0 Å². The van der Waals surface area contributed by atoms with E-state index >= 15 is 0 Å². The number of carbonyl (C=O) groups excluding carboxylic acids is 2. The summed E-state index contributed by atoms with van der Waals surface area (Å²) in [4.78, 5) is 34.5. The molecule has 1 N–H and O–H groups in total. The largest absolute Gasteiger partial charge is 0.481 e. The predicted octanol–water partition coefficient (Wildman–Crippen LogP) is 2.54. The van der Waals surface area contributed by atoms with Gasteiger partial charge in [-0.1, -0.05) is 0 Å².